The lowest BCUT2D eigenvalue weighted by Gasteiger charge is -2.42. The molecule has 0 radical (unpaired) electrons. The van der Waals surface area contributed by atoms with Gasteiger partial charge in [-0.3, -0.25) is 15.0 Å². The molecule has 2 aliphatic rings. The van der Waals surface area contributed by atoms with E-state index < -0.39 is 5.41 Å². The number of aliphatic hydroxyl groups is 1. The van der Waals surface area contributed by atoms with Gasteiger partial charge in [0.05, 0.1) is 18.1 Å². The van der Waals surface area contributed by atoms with Crippen LogP contribution in [0, 0.1) is 5.41 Å². The molecule has 1 heterocycles. The molecule has 1 aliphatic carbocycles. The molecular formula is C28H46ClN5O3. The molecule has 0 bridgehead atoms. The zero-order chi connectivity index (χ0) is 27.0. The molecule has 2 amide bonds. The normalized spacial score (nSPS) is 20.2. The predicted molar refractivity (Wildman–Crippen MR) is 148 cm³/mol. The molecule has 1 aromatic carbocycles. The lowest BCUT2D eigenvalue weighted by atomic mass is 9.87. The average Bonchev–Trinajstić information content (AvgIpc) is 3.32. The van der Waals surface area contributed by atoms with E-state index in [0.29, 0.717) is 31.1 Å². The van der Waals surface area contributed by atoms with E-state index >= 15 is 0 Å². The van der Waals surface area contributed by atoms with Crippen LogP contribution < -0.4 is 10.7 Å². The van der Waals surface area contributed by atoms with Gasteiger partial charge in [0.25, 0.3) is 5.91 Å². The molecule has 8 nitrogen and oxygen atoms in total. The van der Waals surface area contributed by atoms with Crippen LogP contribution in [-0.2, 0) is 16.0 Å². The number of amides is 2. The van der Waals surface area contributed by atoms with E-state index in [9.17, 15) is 14.7 Å². The quantitative estimate of drug-likeness (QED) is 0.381. The summed E-state index contributed by atoms with van der Waals surface area (Å²) in [7, 11) is 4.02. The Morgan fingerprint density at radius 2 is 1.78 bits per heavy atom. The van der Waals surface area contributed by atoms with Gasteiger partial charge >= 0.3 is 0 Å². The Labute approximate surface area is 227 Å². The van der Waals surface area contributed by atoms with Crippen molar-refractivity contribution in [2.75, 3.05) is 46.9 Å². The van der Waals surface area contributed by atoms with Gasteiger partial charge in [0, 0.05) is 43.3 Å². The van der Waals surface area contributed by atoms with Crippen molar-refractivity contribution in [3.63, 3.8) is 0 Å². The number of likely N-dealkylation sites (N-methyl/N-ethyl adjacent to an activating group) is 1. The van der Waals surface area contributed by atoms with E-state index in [-0.39, 0.29) is 36.5 Å². The van der Waals surface area contributed by atoms with Crippen molar-refractivity contribution in [1.82, 2.24) is 25.6 Å². The fraction of sp³-hybridized carbons (Fsp3) is 0.714. The van der Waals surface area contributed by atoms with E-state index in [4.69, 9.17) is 11.6 Å². The van der Waals surface area contributed by atoms with Crippen molar-refractivity contribution < 1.29 is 14.7 Å². The van der Waals surface area contributed by atoms with Crippen LogP contribution in [0.15, 0.2) is 24.3 Å². The first-order valence-corrected chi connectivity index (χ1v) is 14.1. The highest BCUT2D eigenvalue weighted by Crippen LogP contribution is 2.31. The molecule has 208 valence electrons. The molecular weight excluding hydrogens is 490 g/mol. The molecule has 1 saturated heterocycles. The Morgan fingerprint density at radius 1 is 1.11 bits per heavy atom. The van der Waals surface area contributed by atoms with Crippen LogP contribution >= 0.6 is 11.6 Å². The third-order valence-electron chi connectivity index (χ3n) is 7.62. The molecule has 3 N–H and O–H groups in total. The summed E-state index contributed by atoms with van der Waals surface area (Å²) in [5.74, 6) is -0.0494. The first-order valence-electron chi connectivity index (χ1n) is 13.7. The molecule has 9 heteroatoms. The van der Waals surface area contributed by atoms with Gasteiger partial charge in [-0.05, 0) is 71.3 Å². The summed E-state index contributed by atoms with van der Waals surface area (Å²) in [6.45, 7) is 6.28. The van der Waals surface area contributed by atoms with Crippen molar-refractivity contribution >= 4 is 23.4 Å². The van der Waals surface area contributed by atoms with Crippen molar-refractivity contribution in [3.05, 3.63) is 34.9 Å². The minimum atomic E-state index is -0.811. The van der Waals surface area contributed by atoms with Gasteiger partial charge in [-0.1, -0.05) is 43.0 Å². The summed E-state index contributed by atoms with van der Waals surface area (Å²) in [5.41, 5.74) is 3.36. The first kappa shape index (κ1) is 29.8. The molecule has 2 fully saturated rings. The van der Waals surface area contributed by atoms with Gasteiger partial charge in [-0.2, -0.15) is 0 Å². The molecule has 0 aromatic heterocycles. The molecule has 1 saturated carbocycles. The molecule has 0 spiro atoms. The number of hydrazine groups is 1. The molecule has 1 aliphatic heterocycles. The largest absolute Gasteiger partial charge is 0.395 e. The second-order valence-corrected chi connectivity index (χ2v) is 12.0. The van der Waals surface area contributed by atoms with Crippen LogP contribution in [0.25, 0.3) is 0 Å². The zero-order valence-electron chi connectivity index (χ0n) is 23.0. The summed E-state index contributed by atoms with van der Waals surface area (Å²) in [5, 5.41) is 15.9. The highest BCUT2D eigenvalue weighted by molar-refractivity contribution is 6.30. The number of halogens is 1. The summed E-state index contributed by atoms with van der Waals surface area (Å²) < 4.78 is 0. The molecule has 0 unspecified atom stereocenters. The van der Waals surface area contributed by atoms with Gasteiger partial charge in [0.15, 0.2) is 0 Å². The minimum absolute atomic E-state index is 0.0195. The SMILES string of the molecule is CN(C)CCN[C@H](Cc1ccc(Cl)cc1)C(=O)NN1CC[C@H](N(C(=O)C(C)(C)CO)C2CCCCC2)C1. The van der Waals surface area contributed by atoms with Crippen LogP contribution in [0.2, 0.25) is 5.02 Å². The summed E-state index contributed by atoms with van der Waals surface area (Å²) in [6, 6.07) is 7.46. The van der Waals surface area contributed by atoms with Crippen LogP contribution in [0.5, 0.6) is 0 Å². The smallest absolute Gasteiger partial charge is 0.251 e. The van der Waals surface area contributed by atoms with Gasteiger partial charge in [-0.15, -0.1) is 0 Å². The molecule has 3 rings (SSSR count). The van der Waals surface area contributed by atoms with E-state index in [1.165, 1.54) is 6.42 Å². The van der Waals surface area contributed by atoms with E-state index in [1.807, 2.05) is 57.2 Å². The fourth-order valence-corrected chi connectivity index (χ4v) is 5.41. The Morgan fingerprint density at radius 3 is 2.41 bits per heavy atom. The predicted octanol–water partition coefficient (Wildman–Crippen LogP) is 2.69. The number of benzene rings is 1. The van der Waals surface area contributed by atoms with Crippen molar-refractivity contribution in [1.29, 1.82) is 0 Å². The Hall–Kier alpha value is -1.71. The number of hydrogen-bond acceptors (Lipinski definition) is 6. The lowest BCUT2D eigenvalue weighted by molar-refractivity contribution is -0.148. The van der Waals surface area contributed by atoms with Crippen molar-refractivity contribution in [2.45, 2.75) is 76.9 Å². The van der Waals surface area contributed by atoms with Gasteiger partial charge < -0.3 is 20.2 Å². The Kier molecular flexibility index (Phi) is 11.2. The highest BCUT2D eigenvalue weighted by Gasteiger charge is 2.41. The van der Waals surface area contributed by atoms with E-state index in [2.05, 4.69) is 20.5 Å². The third-order valence-corrected chi connectivity index (χ3v) is 7.87. The van der Waals surface area contributed by atoms with Crippen molar-refractivity contribution in [3.8, 4) is 0 Å². The standard InChI is InChI=1S/C28H46ClN5O3/c1-28(2,20-35)27(37)34(23-8-6-5-7-9-23)24-14-16-33(19-24)31-26(36)25(30-15-17-32(3)4)18-21-10-12-22(29)13-11-21/h10-13,23-25,30,35H,5-9,14-20H2,1-4H3,(H,31,36)/t24-,25+/m0/s1. The van der Waals surface area contributed by atoms with Crippen LogP contribution in [0.3, 0.4) is 0 Å². The lowest BCUT2D eigenvalue weighted by Crippen LogP contribution is -2.56. The summed E-state index contributed by atoms with van der Waals surface area (Å²) >= 11 is 6.05. The maximum absolute atomic E-state index is 13.6. The van der Waals surface area contributed by atoms with Gasteiger partial charge in [0.2, 0.25) is 5.91 Å². The van der Waals surface area contributed by atoms with Crippen LogP contribution in [0.4, 0.5) is 0 Å². The summed E-state index contributed by atoms with van der Waals surface area (Å²) in [6.07, 6.45) is 6.86. The number of carbonyl (C=O) groups excluding carboxylic acids is 2. The second-order valence-electron chi connectivity index (χ2n) is 11.6. The number of carbonyl (C=O) groups is 2. The average molecular weight is 536 g/mol. The minimum Gasteiger partial charge on any atom is -0.395 e. The van der Waals surface area contributed by atoms with Crippen LogP contribution in [0.1, 0.15) is 57.9 Å². The van der Waals surface area contributed by atoms with E-state index in [0.717, 1.165) is 44.2 Å². The van der Waals surface area contributed by atoms with Gasteiger partial charge in [-0.25, -0.2) is 5.01 Å². The number of aliphatic hydroxyl groups excluding tert-OH is 1. The maximum Gasteiger partial charge on any atom is 0.251 e. The first-order chi connectivity index (χ1) is 17.6. The second kappa shape index (κ2) is 13.9. The fourth-order valence-electron chi connectivity index (χ4n) is 5.29. The maximum atomic E-state index is 13.6. The van der Waals surface area contributed by atoms with Crippen LogP contribution in [-0.4, -0.2) is 96.7 Å². The topological polar surface area (TPSA) is 88.2 Å². The van der Waals surface area contributed by atoms with Crippen molar-refractivity contribution in [2.24, 2.45) is 5.41 Å². The third kappa shape index (κ3) is 8.65. The molecule has 1 aromatic rings. The molecule has 37 heavy (non-hydrogen) atoms. The van der Waals surface area contributed by atoms with E-state index in [1.54, 1.807) is 0 Å². The van der Waals surface area contributed by atoms with Gasteiger partial charge in [0.1, 0.15) is 0 Å². The number of nitrogens with zero attached hydrogens (tertiary/aromatic N) is 3. The number of rotatable bonds is 12. The Balaban J connectivity index is 1.67. The zero-order valence-corrected chi connectivity index (χ0v) is 23.8. The highest BCUT2D eigenvalue weighted by atomic mass is 35.5. The summed E-state index contributed by atoms with van der Waals surface area (Å²) in [4.78, 5) is 31.1. The Bertz CT molecular complexity index is 873. The number of nitrogens with one attached hydrogen (secondary N) is 2. The molecule has 2 atom stereocenters. The monoisotopic (exact) mass is 535 g/mol. The number of hydrogen-bond donors (Lipinski definition) is 3.